The number of nitrogens with zero attached hydrogens (tertiary/aromatic N) is 1. The molecule has 2 bridgehead atoms. The number of Topliss-reactive ketones (excluding diaryl/α,β-unsaturated/α-hetero) is 2. The zero-order valence-electron chi connectivity index (χ0n) is 39.3. The Morgan fingerprint density at radius 1 is 0.969 bits per heavy atom. The zero-order valence-corrected chi connectivity index (χ0v) is 39.3. The van der Waals surface area contributed by atoms with Crippen LogP contribution in [0.1, 0.15) is 113 Å². The van der Waals surface area contributed by atoms with Crippen LogP contribution in [0.3, 0.4) is 0 Å². The zero-order chi connectivity index (χ0) is 47.6. The molecule has 3 aliphatic heterocycles. The third kappa shape index (κ3) is 12.8. The van der Waals surface area contributed by atoms with Crippen molar-refractivity contribution in [3.05, 3.63) is 23.3 Å². The first-order chi connectivity index (χ1) is 30.2. The molecule has 2 amide bonds. The van der Waals surface area contributed by atoms with Gasteiger partial charge in [0.15, 0.2) is 6.61 Å². The van der Waals surface area contributed by atoms with Crippen LogP contribution >= 0.6 is 0 Å². The van der Waals surface area contributed by atoms with Crippen LogP contribution < -0.4 is 5.32 Å². The van der Waals surface area contributed by atoms with Crippen molar-refractivity contribution in [3.8, 4) is 0 Å². The summed E-state index contributed by atoms with van der Waals surface area (Å²) >= 11 is 0. The maximum Gasteiger partial charge on any atom is 0.329 e. The van der Waals surface area contributed by atoms with Crippen molar-refractivity contribution in [1.29, 1.82) is 0 Å². The van der Waals surface area contributed by atoms with Gasteiger partial charge in [-0.3, -0.25) is 24.0 Å². The molecule has 64 heavy (non-hydrogen) atoms. The van der Waals surface area contributed by atoms with Crippen LogP contribution in [0.2, 0.25) is 0 Å². The van der Waals surface area contributed by atoms with Crippen LogP contribution in [0.15, 0.2) is 23.3 Å². The first-order valence-corrected chi connectivity index (χ1v) is 22.9. The van der Waals surface area contributed by atoms with Gasteiger partial charge in [-0.2, -0.15) is 0 Å². The second kappa shape index (κ2) is 23.7. The number of carbonyl (C=O) groups excluding carboxylic acids is 6. The summed E-state index contributed by atoms with van der Waals surface area (Å²) in [5.74, 6) is -10.5. The van der Waals surface area contributed by atoms with Gasteiger partial charge in [-0.1, -0.05) is 39.8 Å². The average Bonchev–Trinajstić information content (AvgIpc) is 3.27. The molecule has 3 N–H and O–H groups in total. The van der Waals surface area contributed by atoms with E-state index in [2.05, 4.69) is 5.32 Å². The summed E-state index contributed by atoms with van der Waals surface area (Å²) in [4.78, 5) is 81.7. The number of aliphatic hydroxyl groups excluding tert-OH is 1. The number of fused-ring (bicyclic) bond motifs is 3. The standard InChI is InChI=1S/C47H73FN2O14/c1-11-32-19-25(2)41(48)26(3)20-38(60-9)43-39(61-10)21-28(5)47(58,64-43)44(55)45(56)50-17-13-12-14-34(50)46(57)63-42(29(6)35(52)23-36(32)53)27(4)18-31-15-16-33(37(22-31)59-8)49-40(54)24-62-30(7)51/h18-19,26,28-29,31-35,37-39,41-43,52,58H,11-17,20-24H2,1-10H3,(H,49,54). The lowest BCUT2D eigenvalue weighted by atomic mass is 9.80. The van der Waals surface area contributed by atoms with Crippen LogP contribution in [-0.2, 0) is 57.2 Å². The topological polar surface area (TPSA) is 214 Å². The molecule has 362 valence electrons. The Labute approximate surface area is 377 Å². The molecular formula is C47H73FN2O14. The van der Waals surface area contributed by atoms with Crippen molar-refractivity contribution in [2.24, 2.45) is 29.6 Å². The highest BCUT2D eigenvalue weighted by Gasteiger charge is 2.57. The Balaban J connectivity index is 1.74. The van der Waals surface area contributed by atoms with Crippen LogP contribution in [-0.4, -0.2) is 146 Å². The fourth-order valence-electron chi connectivity index (χ4n) is 9.90. The Morgan fingerprint density at radius 2 is 1.62 bits per heavy atom. The van der Waals surface area contributed by atoms with Crippen LogP contribution in [0.5, 0.6) is 0 Å². The first kappa shape index (κ1) is 53.0. The lowest BCUT2D eigenvalue weighted by molar-refractivity contribution is -0.302. The Morgan fingerprint density at radius 3 is 2.25 bits per heavy atom. The number of hydrogen-bond donors (Lipinski definition) is 3. The van der Waals surface area contributed by atoms with Gasteiger partial charge in [-0.25, -0.2) is 9.18 Å². The molecule has 4 rings (SSSR count). The third-order valence-corrected chi connectivity index (χ3v) is 13.9. The van der Waals surface area contributed by atoms with Crippen LogP contribution in [0, 0.1) is 29.6 Å². The number of amides is 2. The van der Waals surface area contributed by atoms with Crippen molar-refractivity contribution < 1.29 is 71.8 Å². The highest BCUT2D eigenvalue weighted by molar-refractivity contribution is 6.39. The number of cyclic esters (lactones) is 1. The number of rotatable bonds is 9. The Kier molecular flexibility index (Phi) is 19.6. The summed E-state index contributed by atoms with van der Waals surface area (Å²) in [7, 11) is 4.39. The van der Waals surface area contributed by atoms with Gasteiger partial charge in [0.25, 0.3) is 17.6 Å². The molecule has 17 heteroatoms. The van der Waals surface area contributed by atoms with Gasteiger partial charge < -0.3 is 48.9 Å². The van der Waals surface area contributed by atoms with E-state index in [-0.39, 0.29) is 50.0 Å². The van der Waals surface area contributed by atoms with Crippen molar-refractivity contribution in [2.75, 3.05) is 34.5 Å². The van der Waals surface area contributed by atoms with Crippen molar-refractivity contribution >= 4 is 35.3 Å². The number of piperidine rings is 1. The fraction of sp³-hybridized carbons (Fsp3) is 0.787. The summed E-state index contributed by atoms with van der Waals surface area (Å²) < 4.78 is 50.9. The molecule has 15 unspecified atom stereocenters. The van der Waals surface area contributed by atoms with Gasteiger partial charge in [0.05, 0.1) is 30.5 Å². The normalized spacial score (nSPS) is 38.0. The maximum absolute atomic E-state index is 16.3. The number of halogens is 1. The number of allylic oxidation sites excluding steroid dienone is 3. The van der Waals surface area contributed by atoms with Crippen LogP contribution in [0.25, 0.3) is 0 Å². The first-order valence-electron chi connectivity index (χ1n) is 22.9. The molecule has 1 aliphatic carbocycles. The number of ether oxygens (including phenoxy) is 6. The smallest absolute Gasteiger partial charge is 0.329 e. The van der Waals surface area contributed by atoms with Gasteiger partial charge in [0.2, 0.25) is 5.79 Å². The molecule has 3 fully saturated rings. The number of carbonyl (C=O) groups is 6. The number of nitrogens with one attached hydrogen (secondary N) is 1. The van der Waals surface area contributed by atoms with Gasteiger partial charge in [0, 0.05) is 59.0 Å². The van der Waals surface area contributed by atoms with E-state index in [1.807, 2.05) is 6.08 Å². The largest absolute Gasteiger partial charge is 0.456 e. The molecular weight excluding hydrogens is 836 g/mol. The minimum Gasteiger partial charge on any atom is -0.456 e. The van der Waals surface area contributed by atoms with Crippen molar-refractivity contribution in [1.82, 2.24) is 10.2 Å². The highest BCUT2D eigenvalue weighted by atomic mass is 19.1. The van der Waals surface area contributed by atoms with Gasteiger partial charge >= 0.3 is 11.9 Å². The number of aliphatic hydroxyl groups is 2. The third-order valence-electron chi connectivity index (χ3n) is 13.9. The molecule has 1 saturated carbocycles. The lowest BCUT2D eigenvalue weighted by Crippen LogP contribution is -2.64. The minimum absolute atomic E-state index is 0.0189. The summed E-state index contributed by atoms with van der Waals surface area (Å²) in [6.45, 7) is 10.9. The molecule has 0 aromatic carbocycles. The number of methoxy groups -OCH3 is 3. The number of ketones is 2. The molecule has 4 aliphatic rings. The second-order valence-corrected chi connectivity index (χ2v) is 18.5. The SMILES string of the molecule is CCC1C=C(C)C(F)C(C)CC(OC)C2OC(O)(C(=O)C(=O)N3CCCCC3C(=O)OC(C(C)=CC3CCC(NC(=O)COC(C)=O)C(OC)C3)C(C)C(O)CC1=O)C(C)CC2OC. The molecule has 0 spiro atoms. The number of hydrogen-bond acceptors (Lipinski definition) is 14. The van der Waals surface area contributed by atoms with Crippen molar-refractivity contribution in [2.45, 2.75) is 173 Å². The van der Waals surface area contributed by atoms with E-state index < -0.39 is 114 Å². The summed E-state index contributed by atoms with van der Waals surface area (Å²) in [6.07, 6.45) is -0.571. The number of esters is 2. The quantitative estimate of drug-likeness (QED) is 0.169. The minimum atomic E-state index is -2.63. The molecule has 0 radical (unpaired) electrons. The van der Waals surface area contributed by atoms with Gasteiger partial charge in [-0.15, -0.1) is 0 Å². The van der Waals surface area contributed by atoms with Gasteiger partial charge in [-0.05, 0) is 94.6 Å². The van der Waals surface area contributed by atoms with Gasteiger partial charge in [0.1, 0.15) is 30.2 Å². The van der Waals surface area contributed by atoms with E-state index in [9.17, 15) is 39.0 Å². The van der Waals surface area contributed by atoms with E-state index in [4.69, 9.17) is 28.4 Å². The molecule has 16 nitrogen and oxygen atoms in total. The highest BCUT2D eigenvalue weighted by Crippen LogP contribution is 2.39. The van der Waals surface area contributed by atoms with E-state index in [1.54, 1.807) is 47.6 Å². The van der Waals surface area contributed by atoms with Crippen LogP contribution in [0.4, 0.5) is 4.39 Å². The molecule has 0 aromatic heterocycles. The average molecular weight is 909 g/mol. The monoisotopic (exact) mass is 909 g/mol. The maximum atomic E-state index is 16.3. The number of alkyl halides is 1. The molecule has 3 heterocycles. The van der Waals surface area contributed by atoms with E-state index in [0.717, 1.165) is 4.90 Å². The summed E-state index contributed by atoms with van der Waals surface area (Å²) in [5, 5.41) is 26.7. The summed E-state index contributed by atoms with van der Waals surface area (Å²) in [6, 6.07) is -1.58. The Bertz CT molecular complexity index is 1720. The van der Waals surface area contributed by atoms with E-state index in [0.29, 0.717) is 49.7 Å². The lowest BCUT2D eigenvalue weighted by Gasteiger charge is -2.47. The molecule has 0 aromatic rings. The predicted octanol–water partition coefficient (Wildman–Crippen LogP) is 4.11. The molecule has 2 saturated heterocycles. The molecule has 15 atom stereocenters. The summed E-state index contributed by atoms with van der Waals surface area (Å²) in [5.41, 5.74) is 0.875. The predicted molar refractivity (Wildman–Crippen MR) is 231 cm³/mol. The second-order valence-electron chi connectivity index (χ2n) is 18.5. The fourth-order valence-corrected chi connectivity index (χ4v) is 9.90. The van der Waals surface area contributed by atoms with E-state index in [1.165, 1.54) is 28.3 Å². The van der Waals surface area contributed by atoms with E-state index >= 15 is 4.39 Å². The van der Waals surface area contributed by atoms with Crippen molar-refractivity contribution in [3.63, 3.8) is 0 Å². The Hall–Kier alpha value is -3.61.